The Morgan fingerprint density at radius 2 is 1.65 bits per heavy atom. The maximum Gasteiger partial charge on any atom is 0.410 e. The van der Waals surface area contributed by atoms with Gasteiger partial charge in [0.1, 0.15) is 22.9 Å². The number of aromatic nitrogens is 1. The monoisotopic (exact) mass is 701 g/mol. The molecule has 1 saturated heterocycles. The second-order valence-corrected chi connectivity index (χ2v) is 15.8. The van der Waals surface area contributed by atoms with Crippen molar-refractivity contribution >= 4 is 50.8 Å². The normalized spacial score (nSPS) is 14.2. The van der Waals surface area contributed by atoms with Gasteiger partial charge < -0.3 is 29.7 Å². The van der Waals surface area contributed by atoms with E-state index < -0.39 is 21.5 Å². The van der Waals surface area contributed by atoms with Crippen molar-refractivity contribution in [2.45, 2.75) is 71.4 Å². The number of nitrogens with one attached hydrogen (secondary N) is 3. The minimum absolute atomic E-state index is 0.101. The molecule has 2 amide bonds. The number of carbonyl (C=O) groups excluding carboxylic acids is 2. The summed E-state index contributed by atoms with van der Waals surface area (Å²) in [7, 11) is -2.24. The van der Waals surface area contributed by atoms with E-state index in [2.05, 4.69) is 20.3 Å². The molecule has 4 rings (SSSR count). The fraction of sp³-hybridized carbons (Fsp3) is 0.441. The van der Waals surface area contributed by atoms with Crippen LogP contribution in [0.15, 0.2) is 48.7 Å². The number of piperidine rings is 1. The van der Waals surface area contributed by atoms with Crippen molar-refractivity contribution < 1.29 is 32.2 Å². The standard InChI is InChI=1S/C34H44ClN5O7S/c1-33(2,3)22-18-26(30(45-7)27(19-22)39-48(8,43)44)38-31(41)21-9-10-25(35)28(17-21)46-24-11-14-36-29(20-24)37-23-12-15-40(16-13-23)32(42)47-34(4,5)6/h9-11,14,17-20,23,39H,12-13,15-16H2,1-8H3,(H,36,37)(H,38,41). The maximum atomic E-state index is 13.5. The summed E-state index contributed by atoms with van der Waals surface area (Å²) in [6.07, 6.45) is 3.79. The summed E-state index contributed by atoms with van der Waals surface area (Å²) in [5, 5.41) is 6.55. The first-order valence-corrected chi connectivity index (χ1v) is 17.8. The van der Waals surface area contributed by atoms with Gasteiger partial charge in [0.05, 0.1) is 29.8 Å². The van der Waals surface area contributed by atoms with Crippen LogP contribution < -0.4 is 24.8 Å². The number of amides is 2. The van der Waals surface area contributed by atoms with Crippen LogP contribution in [-0.4, -0.2) is 68.4 Å². The Bertz CT molecular complexity index is 1760. The lowest BCUT2D eigenvalue weighted by Gasteiger charge is -2.33. The van der Waals surface area contributed by atoms with Gasteiger partial charge in [0, 0.05) is 37.0 Å². The van der Waals surface area contributed by atoms with Crippen molar-refractivity contribution in [1.82, 2.24) is 9.88 Å². The number of methoxy groups -OCH3 is 1. The molecule has 1 aromatic heterocycles. The number of halogens is 1. The van der Waals surface area contributed by atoms with Crippen molar-refractivity contribution in [1.29, 1.82) is 0 Å². The number of benzene rings is 2. The van der Waals surface area contributed by atoms with E-state index in [1.54, 1.807) is 47.5 Å². The zero-order chi connectivity index (χ0) is 35.4. The molecule has 0 atom stereocenters. The number of hydrogen-bond donors (Lipinski definition) is 3. The van der Waals surface area contributed by atoms with Crippen LogP contribution >= 0.6 is 11.6 Å². The molecule has 14 heteroatoms. The Morgan fingerprint density at radius 1 is 0.979 bits per heavy atom. The van der Waals surface area contributed by atoms with E-state index in [4.69, 9.17) is 25.8 Å². The molecule has 3 aromatic rings. The van der Waals surface area contributed by atoms with E-state index in [0.717, 1.165) is 24.7 Å². The number of hydrogen-bond acceptors (Lipinski definition) is 9. The summed E-state index contributed by atoms with van der Waals surface area (Å²) in [5.41, 5.74) is 0.618. The van der Waals surface area contributed by atoms with Gasteiger partial charge in [-0.25, -0.2) is 18.2 Å². The van der Waals surface area contributed by atoms with Gasteiger partial charge >= 0.3 is 6.09 Å². The van der Waals surface area contributed by atoms with E-state index in [1.807, 2.05) is 41.5 Å². The van der Waals surface area contributed by atoms with Crippen LogP contribution in [0.2, 0.25) is 5.02 Å². The molecule has 0 bridgehead atoms. The van der Waals surface area contributed by atoms with Crippen molar-refractivity contribution in [3.8, 4) is 17.2 Å². The SMILES string of the molecule is COc1c(NC(=O)c2ccc(Cl)c(Oc3ccnc(NC4CCN(C(=O)OC(C)(C)C)CC4)c3)c2)cc(C(C)(C)C)cc1NS(C)(=O)=O. The third-order valence-corrected chi connectivity index (χ3v) is 8.26. The lowest BCUT2D eigenvalue weighted by Crippen LogP contribution is -2.44. The largest absolute Gasteiger partial charge is 0.492 e. The van der Waals surface area contributed by atoms with Gasteiger partial charge in [0.25, 0.3) is 5.91 Å². The first-order valence-electron chi connectivity index (χ1n) is 15.5. The molecule has 0 radical (unpaired) electrons. The van der Waals surface area contributed by atoms with Crippen LogP contribution in [-0.2, 0) is 20.2 Å². The Balaban J connectivity index is 1.48. The summed E-state index contributed by atoms with van der Waals surface area (Å²) in [6, 6.07) is 11.6. The topological polar surface area (TPSA) is 148 Å². The van der Waals surface area contributed by atoms with Crippen LogP contribution in [0.3, 0.4) is 0 Å². The molecule has 1 aliphatic rings. The average Bonchev–Trinajstić information content (AvgIpc) is 2.96. The average molecular weight is 702 g/mol. The number of likely N-dealkylation sites (tertiary alicyclic amines) is 1. The maximum absolute atomic E-state index is 13.5. The van der Waals surface area contributed by atoms with E-state index in [-0.39, 0.29) is 40.3 Å². The van der Waals surface area contributed by atoms with Gasteiger partial charge in [0.15, 0.2) is 5.75 Å². The van der Waals surface area contributed by atoms with Crippen molar-refractivity contribution in [3.05, 3.63) is 64.8 Å². The first-order chi connectivity index (χ1) is 22.3. The molecule has 0 spiro atoms. The number of sulfonamides is 1. The molecule has 0 saturated carbocycles. The van der Waals surface area contributed by atoms with E-state index in [9.17, 15) is 18.0 Å². The predicted molar refractivity (Wildman–Crippen MR) is 188 cm³/mol. The van der Waals surface area contributed by atoms with Crippen LogP contribution in [0.25, 0.3) is 0 Å². The number of nitrogens with zero attached hydrogens (tertiary/aromatic N) is 2. The summed E-state index contributed by atoms with van der Waals surface area (Å²) >= 11 is 6.47. The predicted octanol–water partition coefficient (Wildman–Crippen LogP) is 7.27. The molecule has 1 aliphatic heterocycles. The molecule has 3 N–H and O–H groups in total. The van der Waals surface area contributed by atoms with E-state index in [1.165, 1.54) is 13.2 Å². The number of anilines is 3. The van der Waals surface area contributed by atoms with Crippen LogP contribution in [0.1, 0.15) is 70.3 Å². The fourth-order valence-electron chi connectivity index (χ4n) is 4.99. The molecular formula is C34H44ClN5O7S. The zero-order valence-electron chi connectivity index (χ0n) is 28.6. The Labute approximate surface area is 287 Å². The highest BCUT2D eigenvalue weighted by molar-refractivity contribution is 7.92. The second kappa shape index (κ2) is 14.5. The van der Waals surface area contributed by atoms with Crippen LogP contribution in [0, 0.1) is 0 Å². The molecule has 2 aromatic carbocycles. The van der Waals surface area contributed by atoms with E-state index in [0.29, 0.717) is 35.4 Å². The number of carbonyl (C=O) groups is 2. The molecule has 260 valence electrons. The van der Waals surface area contributed by atoms with Gasteiger partial charge in [-0.2, -0.15) is 0 Å². The summed E-state index contributed by atoms with van der Waals surface area (Å²) < 4.78 is 43.8. The van der Waals surface area contributed by atoms with Crippen LogP contribution in [0.4, 0.5) is 22.0 Å². The summed E-state index contributed by atoms with van der Waals surface area (Å²) in [5.74, 6) is 0.981. The van der Waals surface area contributed by atoms with Crippen molar-refractivity contribution in [2.75, 3.05) is 41.8 Å². The first kappa shape index (κ1) is 36.6. The molecule has 0 aliphatic carbocycles. The third-order valence-electron chi connectivity index (χ3n) is 7.35. The van der Waals surface area contributed by atoms with Crippen LogP contribution in [0.5, 0.6) is 17.2 Å². The third kappa shape index (κ3) is 10.1. The molecule has 12 nitrogen and oxygen atoms in total. The van der Waals surface area contributed by atoms with Gasteiger partial charge in [-0.3, -0.25) is 9.52 Å². The van der Waals surface area contributed by atoms with Crippen molar-refractivity contribution in [3.63, 3.8) is 0 Å². The van der Waals surface area contributed by atoms with E-state index >= 15 is 0 Å². The number of pyridine rings is 1. The highest BCUT2D eigenvalue weighted by Gasteiger charge is 2.27. The Hall–Kier alpha value is -4.23. The Morgan fingerprint density at radius 3 is 2.25 bits per heavy atom. The van der Waals surface area contributed by atoms with Gasteiger partial charge in [-0.05, 0) is 81.0 Å². The van der Waals surface area contributed by atoms with Gasteiger partial charge in [-0.15, -0.1) is 0 Å². The minimum Gasteiger partial charge on any atom is -0.492 e. The second-order valence-electron chi connectivity index (χ2n) is 13.7. The highest BCUT2D eigenvalue weighted by Crippen LogP contribution is 2.40. The number of ether oxygens (including phenoxy) is 3. The molecule has 48 heavy (non-hydrogen) atoms. The van der Waals surface area contributed by atoms with Gasteiger partial charge in [0.2, 0.25) is 10.0 Å². The molecule has 1 fully saturated rings. The van der Waals surface area contributed by atoms with Gasteiger partial charge in [-0.1, -0.05) is 32.4 Å². The molecular weight excluding hydrogens is 658 g/mol. The fourth-order valence-corrected chi connectivity index (χ4v) is 5.70. The zero-order valence-corrected chi connectivity index (χ0v) is 30.1. The number of rotatable bonds is 9. The lowest BCUT2D eigenvalue weighted by molar-refractivity contribution is 0.0210. The lowest BCUT2D eigenvalue weighted by atomic mass is 9.86. The van der Waals surface area contributed by atoms with Crippen molar-refractivity contribution in [2.24, 2.45) is 0 Å². The Kier molecular flexibility index (Phi) is 11.0. The quantitative estimate of drug-likeness (QED) is 0.209. The molecule has 0 unspecified atom stereocenters. The minimum atomic E-state index is -3.63. The summed E-state index contributed by atoms with van der Waals surface area (Å²) in [6.45, 7) is 12.6. The molecule has 2 heterocycles. The highest BCUT2D eigenvalue weighted by atomic mass is 35.5. The summed E-state index contributed by atoms with van der Waals surface area (Å²) in [4.78, 5) is 32.0. The smallest absolute Gasteiger partial charge is 0.410 e.